The van der Waals surface area contributed by atoms with Gasteiger partial charge in [0.25, 0.3) is 0 Å². The van der Waals surface area contributed by atoms with E-state index in [1.807, 2.05) is 0 Å². The van der Waals surface area contributed by atoms with Crippen LogP contribution in [0.2, 0.25) is 0 Å². The first-order chi connectivity index (χ1) is 11.8. The molecule has 0 saturated heterocycles. The summed E-state index contributed by atoms with van der Waals surface area (Å²) in [6.07, 6.45) is -0.145. The third-order valence-electron chi connectivity index (χ3n) is 3.95. The predicted octanol–water partition coefficient (Wildman–Crippen LogP) is 3.48. The topological polar surface area (TPSA) is 75.7 Å². The highest BCUT2D eigenvalue weighted by Gasteiger charge is 2.35. The minimum atomic E-state index is -4.53. The Hall–Kier alpha value is -1.28. The molecule has 0 aliphatic heterocycles. The van der Waals surface area contributed by atoms with Crippen LogP contribution in [0.15, 0.2) is 30.9 Å². The van der Waals surface area contributed by atoms with Crippen molar-refractivity contribution in [2.45, 2.75) is 43.8 Å². The number of alkyl halides is 3. The Balaban J connectivity index is 0.00000625. The second-order valence-corrected chi connectivity index (χ2v) is 6.14. The van der Waals surface area contributed by atoms with E-state index < -0.39 is 30.5 Å². The van der Waals surface area contributed by atoms with E-state index in [-0.39, 0.29) is 37.6 Å². The van der Waals surface area contributed by atoms with Crippen molar-refractivity contribution in [3.8, 4) is 5.75 Å². The van der Waals surface area contributed by atoms with Crippen LogP contribution in [0.25, 0.3) is 0 Å². The molecule has 0 unspecified atom stereocenters. The van der Waals surface area contributed by atoms with Crippen LogP contribution in [-0.2, 0) is 12.6 Å². The number of aliphatic hydroxyl groups excluding tert-OH is 2. The minimum Gasteiger partial charge on any atom is -0.493 e. The van der Waals surface area contributed by atoms with E-state index in [2.05, 4.69) is 6.58 Å². The Labute approximate surface area is 158 Å². The number of rotatable bonds is 11. The van der Waals surface area contributed by atoms with Crippen LogP contribution in [-0.4, -0.2) is 35.6 Å². The standard InChI is InChI=1S/C18H26F3NO3.ClH/c1-2-3-4-5-10-25-16-7-6-14(11-15(16)18(19,20)21)8-9-17(22,12-23)13-24;/h2,6-7,11,23-24H,1,3-5,8-10,12-13,22H2;1H. The Kier molecular flexibility index (Phi) is 10.9. The van der Waals surface area contributed by atoms with Crippen LogP contribution in [0.5, 0.6) is 5.75 Å². The molecule has 0 aliphatic carbocycles. The summed E-state index contributed by atoms with van der Waals surface area (Å²) in [7, 11) is 0. The second kappa shape index (κ2) is 11.4. The molecule has 4 N–H and O–H groups in total. The molecule has 0 spiro atoms. The highest BCUT2D eigenvalue weighted by Crippen LogP contribution is 2.37. The minimum absolute atomic E-state index is 0. The molecular weight excluding hydrogens is 371 g/mol. The number of allylic oxidation sites excluding steroid dienone is 1. The van der Waals surface area contributed by atoms with Crippen LogP contribution < -0.4 is 10.5 Å². The average Bonchev–Trinajstić information content (AvgIpc) is 2.59. The van der Waals surface area contributed by atoms with Crippen LogP contribution in [0.1, 0.15) is 36.8 Å². The molecular formula is C18H27ClF3NO3. The van der Waals surface area contributed by atoms with Crippen molar-refractivity contribution >= 4 is 12.4 Å². The summed E-state index contributed by atoms with van der Waals surface area (Å²) in [6.45, 7) is 2.91. The van der Waals surface area contributed by atoms with Crippen molar-refractivity contribution in [3.05, 3.63) is 42.0 Å². The zero-order valence-corrected chi connectivity index (χ0v) is 15.4. The molecule has 0 saturated carbocycles. The number of ether oxygens (including phenoxy) is 1. The highest BCUT2D eigenvalue weighted by atomic mass is 35.5. The third-order valence-corrected chi connectivity index (χ3v) is 3.95. The highest BCUT2D eigenvalue weighted by molar-refractivity contribution is 5.85. The first kappa shape index (κ1) is 24.7. The lowest BCUT2D eigenvalue weighted by molar-refractivity contribution is -0.139. The number of hydrogen-bond donors (Lipinski definition) is 3. The molecule has 1 aromatic rings. The third kappa shape index (κ3) is 7.95. The number of aryl methyl sites for hydroxylation is 1. The van der Waals surface area contributed by atoms with E-state index in [0.29, 0.717) is 12.0 Å². The molecule has 1 aromatic carbocycles. The van der Waals surface area contributed by atoms with Gasteiger partial charge in [0.2, 0.25) is 0 Å². The van der Waals surface area contributed by atoms with E-state index in [1.165, 1.54) is 6.07 Å². The van der Waals surface area contributed by atoms with E-state index in [9.17, 15) is 13.2 Å². The number of benzene rings is 1. The maximum absolute atomic E-state index is 13.3. The number of hydrogen-bond acceptors (Lipinski definition) is 4. The fraction of sp³-hybridized carbons (Fsp3) is 0.556. The van der Waals surface area contributed by atoms with Gasteiger partial charge in [0, 0.05) is 0 Å². The Morgan fingerprint density at radius 3 is 2.35 bits per heavy atom. The van der Waals surface area contributed by atoms with Crippen LogP contribution in [0.4, 0.5) is 13.2 Å². The average molecular weight is 398 g/mol. The molecule has 0 aromatic heterocycles. The molecule has 0 fully saturated rings. The molecule has 0 bridgehead atoms. The lowest BCUT2D eigenvalue weighted by Gasteiger charge is -2.24. The summed E-state index contributed by atoms with van der Waals surface area (Å²) < 4.78 is 45.1. The van der Waals surface area contributed by atoms with Gasteiger partial charge >= 0.3 is 6.18 Å². The number of halogens is 4. The number of unbranched alkanes of at least 4 members (excludes halogenated alkanes) is 2. The number of nitrogens with two attached hydrogens (primary N) is 1. The molecule has 26 heavy (non-hydrogen) atoms. The molecule has 4 nitrogen and oxygen atoms in total. The summed E-state index contributed by atoms with van der Waals surface area (Å²) in [4.78, 5) is 0. The first-order valence-electron chi connectivity index (χ1n) is 8.20. The smallest absolute Gasteiger partial charge is 0.419 e. The quantitative estimate of drug-likeness (QED) is 0.394. The van der Waals surface area contributed by atoms with Gasteiger partial charge in [0.15, 0.2) is 0 Å². The molecule has 0 radical (unpaired) electrons. The largest absolute Gasteiger partial charge is 0.493 e. The zero-order chi connectivity index (χ0) is 18.9. The predicted molar refractivity (Wildman–Crippen MR) is 97.6 cm³/mol. The number of aliphatic hydroxyl groups is 2. The van der Waals surface area contributed by atoms with Crippen molar-refractivity contribution in [2.24, 2.45) is 5.73 Å². The Morgan fingerprint density at radius 2 is 1.81 bits per heavy atom. The summed E-state index contributed by atoms with van der Waals surface area (Å²) in [6, 6.07) is 3.89. The summed E-state index contributed by atoms with van der Waals surface area (Å²) in [5.41, 5.74) is 4.13. The van der Waals surface area contributed by atoms with Crippen molar-refractivity contribution in [1.29, 1.82) is 0 Å². The van der Waals surface area contributed by atoms with E-state index in [1.54, 1.807) is 12.1 Å². The van der Waals surface area contributed by atoms with Gasteiger partial charge < -0.3 is 20.7 Å². The monoisotopic (exact) mass is 397 g/mol. The lowest BCUT2D eigenvalue weighted by Crippen LogP contribution is -2.47. The van der Waals surface area contributed by atoms with Crippen LogP contribution in [0.3, 0.4) is 0 Å². The van der Waals surface area contributed by atoms with Gasteiger partial charge in [-0.1, -0.05) is 12.1 Å². The fourth-order valence-corrected chi connectivity index (χ4v) is 2.25. The second-order valence-electron chi connectivity index (χ2n) is 6.14. The normalized spacial score (nSPS) is 11.8. The summed E-state index contributed by atoms with van der Waals surface area (Å²) in [5.74, 6) is -0.196. The molecule has 0 amide bonds. The van der Waals surface area contributed by atoms with Crippen LogP contribution in [0, 0.1) is 0 Å². The SMILES string of the molecule is C=CCCCCOc1ccc(CCC(N)(CO)CO)cc1C(F)(F)F.Cl. The van der Waals surface area contributed by atoms with Gasteiger partial charge in [0.05, 0.1) is 30.9 Å². The first-order valence-corrected chi connectivity index (χ1v) is 8.20. The molecule has 0 aliphatic rings. The molecule has 8 heteroatoms. The van der Waals surface area contributed by atoms with E-state index >= 15 is 0 Å². The van der Waals surface area contributed by atoms with Gasteiger partial charge in [-0.25, -0.2) is 0 Å². The van der Waals surface area contributed by atoms with Gasteiger partial charge in [-0.2, -0.15) is 13.2 Å². The summed E-state index contributed by atoms with van der Waals surface area (Å²) >= 11 is 0. The maximum atomic E-state index is 13.3. The van der Waals surface area contributed by atoms with Crippen molar-refractivity contribution in [2.75, 3.05) is 19.8 Å². The van der Waals surface area contributed by atoms with Gasteiger partial charge in [0.1, 0.15) is 5.75 Å². The maximum Gasteiger partial charge on any atom is 0.419 e. The van der Waals surface area contributed by atoms with Gasteiger partial charge in [-0.3, -0.25) is 0 Å². The zero-order valence-electron chi connectivity index (χ0n) is 14.6. The molecule has 1 rings (SSSR count). The summed E-state index contributed by atoms with van der Waals surface area (Å²) in [5, 5.41) is 18.3. The van der Waals surface area contributed by atoms with Gasteiger partial charge in [-0.05, 0) is 49.8 Å². The van der Waals surface area contributed by atoms with Crippen molar-refractivity contribution < 1.29 is 28.1 Å². The Bertz CT molecular complexity index is 549. The van der Waals surface area contributed by atoms with Crippen molar-refractivity contribution in [1.82, 2.24) is 0 Å². The van der Waals surface area contributed by atoms with Crippen molar-refractivity contribution in [3.63, 3.8) is 0 Å². The van der Waals surface area contributed by atoms with E-state index in [4.69, 9.17) is 20.7 Å². The molecule has 150 valence electrons. The van der Waals surface area contributed by atoms with Gasteiger partial charge in [-0.15, -0.1) is 19.0 Å². The Morgan fingerprint density at radius 1 is 1.15 bits per heavy atom. The lowest BCUT2D eigenvalue weighted by atomic mass is 9.93. The molecule has 0 atom stereocenters. The fourth-order valence-electron chi connectivity index (χ4n) is 2.25. The van der Waals surface area contributed by atoms with Crippen LogP contribution >= 0.6 is 12.4 Å². The van der Waals surface area contributed by atoms with E-state index in [0.717, 1.165) is 18.9 Å². The molecule has 0 heterocycles.